The molecule has 142 valence electrons. The van der Waals surface area contributed by atoms with Gasteiger partial charge in [-0.3, -0.25) is 4.79 Å². The predicted octanol–water partition coefficient (Wildman–Crippen LogP) is 5.33. The lowest BCUT2D eigenvalue weighted by atomic mass is 9.69. The Hall–Kier alpha value is -0.610. The molecule has 24 heavy (non-hydrogen) atoms. The van der Waals surface area contributed by atoms with Crippen LogP contribution in [0.1, 0.15) is 99.3 Å². The van der Waals surface area contributed by atoms with Crippen molar-refractivity contribution in [2.75, 3.05) is 0 Å². The first-order chi connectivity index (χ1) is 11.2. The summed E-state index contributed by atoms with van der Waals surface area (Å²) in [5, 5.41) is 12.3. The van der Waals surface area contributed by atoms with Crippen LogP contribution < -0.4 is 0 Å². The second-order valence-corrected chi connectivity index (χ2v) is 8.06. The summed E-state index contributed by atoms with van der Waals surface area (Å²) < 4.78 is 5.88. The first-order valence-electron chi connectivity index (χ1n) is 9.93. The highest BCUT2D eigenvalue weighted by atomic mass is 16.5. The van der Waals surface area contributed by atoms with Gasteiger partial charge < -0.3 is 9.94 Å². The second kappa shape index (κ2) is 9.19. The summed E-state index contributed by atoms with van der Waals surface area (Å²) in [5.41, 5.74) is -0.710. The van der Waals surface area contributed by atoms with Crippen LogP contribution in [-0.4, -0.2) is 33.4 Å². The number of esters is 1. The van der Waals surface area contributed by atoms with Crippen LogP contribution in [0.25, 0.3) is 0 Å². The average molecular weight is 342 g/mol. The molecule has 0 aromatic carbocycles. The Morgan fingerprint density at radius 2 is 1.75 bits per heavy atom. The molecule has 0 aromatic rings. The minimum Gasteiger partial charge on any atom is -0.462 e. The molecule has 0 spiro atoms. The van der Waals surface area contributed by atoms with Gasteiger partial charge in [-0.25, -0.2) is 0 Å². The fourth-order valence-electron chi connectivity index (χ4n) is 3.92. The van der Waals surface area contributed by atoms with Gasteiger partial charge in [0.25, 0.3) is 0 Å². The van der Waals surface area contributed by atoms with E-state index in [1.807, 2.05) is 0 Å². The molecule has 1 fully saturated rings. The Balaban J connectivity index is 2.67. The number of unbranched alkanes of at least 4 members (excludes halogenated alkanes) is 4. The van der Waals surface area contributed by atoms with Crippen molar-refractivity contribution in [1.29, 1.82) is 0 Å². The van der Waals surface area contributed by atoms with E-state index in [2.05, 4.69) is 41.5 Å². The van der Waals surface area contributed by atoms with Crippen molar-refractivity contribution in [3.63, 3.8) is 0 Å². The third-order valence-corrected chi connectivity index (χ3v) is 6.42. The zero-order valence-corrected chi connectivity index (χ0v) is 16.7. The van der Waals surface area contributed by atoms with Crippen LogP contribution in [0.2, 0.25) is 0 Å². The van der Waals surface area contributed by atoms with Crippen LogP contribution in [-0.2, 0) is 9.53 Å². The van der Waals surface area contributed by atoms with Crippen LogP contribution in [0.3, 0.4) is 0 Å². The lowest BCUT2D eigenvalue weighted by Crippen LogP contribution is -2.67. The molecule has 4 nitrogen and oxygen atoms in total. The number of piperidine rings is 1. The first kappa shape index (κ1) is 21.4. The monoisotopic (exact) mass is 341 g/mol. The molecular formula is C20H39NO3. The van der Waals surface area contributed by atoms with Crippen molar-refractivity contribution in [3.05, 3.63) is 0 Å². The van der Waals surface area contributed by atoms with E-state index in [1.54, 1.807) is 5.06 Å². The summed E-state index contributed by atoms with van der Waals surface area (Å²) in [6, 6.07) is 0. The van der Waals surface area contributed by atoms with Crippen molar-refractivity contribution in [1.82, 2.24) is 5.06 Å². The van der Waals surface area contributed by atoms with E-state index < -0.39 is 0 Å². The molecule has 0 amide bonds. The molecular weight excluding hydrogens is 302 g/mol. The third kappa shape index (κ3) is 4.72. The van der Waals surface area contributed by atoms with Gasteiger partial charge in [-0.1, -0.05) is 53.4 Å². The molecule has 0 radical (unpaired) electrons. The molecule has 0 aliphatic carbocycles. The standard InChI is InChI=1S/C20H39NO3/c1-7-10-11-12-13-14-18(22)24-17-15-19(5,8-2)21(23)20(6,9-3)16(17)4/h16-17,23H,7-15H2,1-6H3. The highest BCUT2D eigenvalue weighted by Crippen LogP contribution is 2.45. The van der Waals surface area contributed by atoms with E-state index in [-0.39, 0.29) is 29.1 Å². The van der Waals surface area contributed by atoms with Gasteiger partial charge in [0.15, 0.2) is 0 Å². The van der Waals surface area contributed by atoms with Crippen molar-refractivity contribution in [2.45, 2.75) is 117 Å². The van der Waals surface area contributed by atoms with Gasteiger partial charge in [-0.05, 0) is 33.1 Å². The fourth-order valence-corrected chi connectivity index (χ4v) is 3.92. The maximum absolute atomic E-state index is 12.3. The summed E-state index contributed by atoms with van der Waals surface area (Å²) >= 11 is 0. The largest absolute Gasteiger partial charge is 0.462 e. The van der Waals surface area contributed by atoms with Crippen LogP contribution in [0.5, 0.6) is 0 Å². The van der Waals surface area contributed by atoms with Crippen molar-refractivity contribution < 1.29 is 14.7 Å². The SMILES string of the molecule is CCCCCCCC(=O)OC1CC(C)(CC)N(O)C(C)(CC)C1C. The Morgan fingerprint density at radius 3 is 2.29 bits per heavy atom. The Morgan fingerprint density at radius 1 is 1.12 bits per heavy atom. The number of carbonyl (C=O) groups is 1. The van der Waals surface area contributed by atoms with Crippen LogP contribution in [0.15, 0.2) is 0 Å². The number of ether oxygens (including phenoxy) is 1. The highest BCUT2D eigenvalue weighted by molar-refractivity contribution is 5.69. The van der Waals surface area contributed by atoms with Crippen molar-refractivity contribution >= 4 is 5.97 Å². The fraction of sp³-hybridized carbons (Fsp3) is 0.950. The predicted molar refractivity (Wildman–Crippen MR) is 98.1 cm³/mol. The molecule has 1 aliphatic rings. The van der Waals surface area contributed by atoms with Crippen LogP contribution in [0.4, 0.5) is 0 Å². The summed E-state index contributed by atoms with van der Waals surface area (Å²) in [4.78, 5) is 12.3. The van der Waals surface area contributed by atoms with E-state index in [1.165, 1.54) is 19.3 Å². The van der Waals surface area contributed by atoms with E-state index in [9.17, 15) is 10.0 Å². The number of hydroxylamine groups is 2. The molecule has 4 atom stereocenters. The first-order valence-corrected chi connectivity index (χ1v) is 9.93. The number of hydrogen-bond donors (Lipinski definition) is 1. The molecule has 1 aliphatic heterocycles. The number of rotatable bonds is 9. The smallest absolute Gasteiger partial charge is 0.306 e. The zero-order chi connectivity index (χ0) is 18.4. The maximum atomic E-state index is 12.3. The average Bonchev–Trinajstić information content (AvgIpc) is 2.57. The second-order valence-electron chi connectivity index (χ2n) is 8.06. The Labute approximate surface area is 148 Å². The minimum absolute atomic E-state index is 0.0772. The summed E-state index contributed by atoms with van der Waals surface area (Å²) in [6.45, 7) is 12.6. The zero-order valence-electron chi connectivity index (χ0n) is 16.7. The van der Waals surface area contributed by atoms with Crippen LogP contribution >= 0.6 is 0 Å². The number of carbonyl (C=O) groups excluding carboxylic acids is 1. The number of nitrogens with zero attached hydrogens (tertiary/aromatic N) is 1. The molecule has 0 saturated carbocycles. The lowest BCUT2D eigenvalue weighted by Gasteiger charge is -2.57. The molecule has 1 heterocycles. The third-order valence-electron chi connectivity index (χ3n) is 6.42. The van der Waals surface area contributed by atoms with E-state index in [4.69, 9.17) is 4.74 Å². The molecule has 1 saturated heterocycles. The van der Waals surface area contributed by atoms with Gasteiger partial charge in [-0.2, -0.15) is 5.06 Å². The maximum Gasteiger partial charge on any atom is 0.306 e. The summed E-state index contributed by atoms with van der Waals surface area (Å²) in [5.74, 6) is 0.0304. The van der Waals surface area contributed by atoms with E-state index in [0.717, 1.165) is 25.7 Å². The van der Waals surface area contributed by atoms with Gasteiger partial charge in [-0.15, -0.1) is 0 Å². The molecule has 0 aromatic heterocycles. The van der Waals surface area contributed by atoms with Gasteiger partial charge in [0, 0.05) is 29.8 Å². The molecule has 4 heteroatoms. The lowest BCUT2D eigenvalue weighted by molar-refractivity contribution is -0.289. The normalized spacial score (nSPS) is 34.3. The Bertz CT molecular complexity index is 400. The van der Waals surface area contributed by atoms with Crippen LogP contribution in [0, 0.1) is 5.92 Å². The molecule has 1 rings (SSSR count). The quantitative estimate of drug-likeness (QED) is 0.455. The minimum atomic E-state index is -0.366. The Kier molecular flexibility index (Phi) is 8.21. The van der Waals surface area contributed by atoms with Gasteiger partial charge >= 0.3 is 5.97 Å². The van der Waals surface area contributed by atoms with E-state index >= 15 is 0 Å². The van der Waals surface area contributed by atoms with E-state index in [0.29, 0.717) is 12.8 Å². The van der Waals surface area contributed by atoms with Crippen molar-refractivity contribution in [3.8, 4) is 0 Å². The van der Waals surface area contributed by atoms with Gasteiger partial charge in [0.1, 0.15) is 6.10 Å². The van der Waals surface area contributed by atoms with Gasteiger partial charge in [0.05, 0.1) is 0 Å². The highest BCUT2D eigenvalue weighted by Gasteiger charge is 2.53. The summed E-state index contributed by atoms with van der Waals surface area (Å²) in [6.07, 6.45) is 8.42. The number of hydrogen-bond acceptors (Lipinski definition) is 4. The topological polar surface area (TPSA) is 49.8 Å². The summed E-state index contributed by atoms with van der Waals surface area (Å²) in [7, 11) is 0. The van der Waals surface area contributed by atoms with Crippen molar-refractivity contribution in [2.24, 2.45) is 5.92 Å². The molecule has 4 unspecified atom stereocenters. The van der Waals surface area contributed by atoms with Gasteiger partial charge in [0.2, 0.25) is 0 Å². The molecule has 1 N–H and O–H groups in total. The molecule has 0 bridgehead atoms.